The van der Waals surface area contributed by atoms with E-state index in [0.717, 1.165) is 10.2 Å². The van der Waals surface area contributed by atoms with Gasteiger partial charge in [0.1, 0.15) is 5.82 Å². The summed E-state index contributed by atoms with van der Waals surface area (Å²) in [5.41, 5.74) is 2.57. The minimum atomic E-state index is -0.222. The Kier molecular flexibility index (Phi) is 4.45. The lowest BCUT2D eigenvalue weighted by Crippen LogP contribution is -2.15. The Labute approximate surface area is 147 Å². The normalized spacial score (nSPS) is 10.2. The molecule has 3 rings (SSSR count). The van der Waals surface area contributed by atoms with Crippen LogP contribution in [-0.4, -0.2) is 15.7 Å². The molecule has 5 nitrogen and oxygen atoms in total. The molecule has 0 atom stereocenters. The zero-order chi connectivity index (χ0) is 17.1. The van der Waals surface area contributed by atoms with Crippen molar-refractivity contribution in [1.82, 2.24) is 9.78 Å². The van der Waals surface area contributed by atoms with Gasteiger partial charge in [-0.2, -0.15) is 10.4 Å². The number of rotatable bonds is 3. The molecule has 0 saturated heterocycles. The Balaban J connectivity index is 1.93. The third-order valence-corrected chi connectivity index (χ3v) is 3.93. The van der Waals surface area contributed by atoms with Gasteiger partial charge in [0.05, 0.1) is 23.0 Å². The maximum Gasteiger partial charge on any atom is 0.256 e. The van der Waals surface area contributed by atoms with E-state index in [4.69, 9.17) is 5.26 Å². The molecular weight excluding hydrogens is 368 g/mol. The molecule has 0 unspecified atom stereocenters. The van der Waals surface area contributed by atoms with Crippen molar-refractivity contribution in [3.8, 4) is 11.8 Å². The van der Waals surface area contributed by atoms with Crippen LogP contribution in [-0.2, 0) is 0 Å². The van der Waals surface area contributed by atoms with Crippen molar-refractivity contribution in [2.75, 3.05) is 5.32 Å². The molecule has 3 aromatic rings. The number of hydrogen-bond donors (Lipinski definition) is 1. The Bertz CT molecular complexity index is 938. The fraction of sp³-hybridized carbons (Fsp3) is 0.0556. The zero-order valence-electron chi connectivity index (χ0n) is 12.8. The zero-order valence-corrected chi connectivity index (χ0v) is 14.4. The Morgan fingerprint density at radius 2 is 1.96 bits per heavy atom. The number of nitrogens with zero attached hydrogens (tertiary/aromatic N) is 3. The average Bonchev–Trinajstić information content (AvgIpc) is 2.96. The predicted octanol–water partition coefficient (Wildman–Crippen LogP) is 4.07. The molecule has 24 heavy (non-hydrogen) atoms. The number of benzene rings is 2. The first-order chi connectivity index (χ1) is 11.6. The van der Waals surface area contributed by atoms with E-state index in [1.807, 2.05) is 25.1 Å². The van der Waals surface area contributed by atoms with E-state index in [1.54, 1.807) is 41.1 Å². The first kappa shape index (κ1) is 16.0. The van der Waals surface area contributed by atoms with Crippen LogP contribution in [0.25, 0.3) is 5.69 Å². The van der Waals surface area contributed by atoms with E-state index < -0.39 is 0 Å². The standard InChI is InChI=1S/C18H13BrN4O/c1-12-9-17(21-18(24)14-5-7-15(19)8-6-14)23(22-12)16-4-2-3-13(10-16)11-20/h2-10H,1H3,(H,21,24). The van der Waals surface area contributed by atoms with Crippen molar-refractivity contribution in [3.05, 3.63) is 75.9 Å². The molecular formula is C18H13BrN4O. The van der Waals surface area contributed by atoms with Crippen molar-refractivity contribution >= 4 is 27.7 Å². The van der Waals surface area contributed by atoms with Gasteiger partial charge >= 0.3 is 0 Å². The monoisotopic (exact) mass is 380 g/mol. The van der Waals surface area contributed by atoms with Gasteiger partial charge in [-0.15, -0.1) is 0 Å². The number of halogens is 1. The van der Waals surface area contributed by atoms with Gasteiger partial charge in [0, 0.05) is 16.1 Å². The third-order valence-electron chi connectivity index (χ3n) is 3.40. The molecule has 0 spiro atoms. The fourth-order valence-corrected chi connectivity index (χ4v) is 2.55. The summed E-state index contributed by atoms with van der Waals surface area (Å²) in [6.45, 7) is 1.85. The summed E-state index contributed by atoms with van der Waals surface area (Å²) in [7, 11) is 0. The van der Waals surface area contributed by atoms with Crippen LogP contribution in [0.15, 0.2) is 59.1 Å². The van der Waals surface area contributed by atoms with Gasteiger partial charge in [0.25, 0.3) is 5.91 Å². The molecule has 1 amide bonds. The molecule has 1 aromatic heterocycles. The van der Waals surface area contributed by atoms with E-state index >= 15 is 0 Å². The van der Waals surface area contributed by atoms with Crippen LogP contribution in [0.1, 0.15) is 21.6 Å². The van der Waals surface area contributed by atoms with Crippen LogP contribution in [0.3, 0.4) is 0 Å². The van der Waals surface area contributed by atoms with Gasteiger partial charge in [0.2, 0.25) is 0 Å². The summed E-state index contributed by atoms with van der Waals surface area (Å²) in [6.07, 6.45) is 0. The van der Waals surface area contributed by atoms with E-state index in [0.29, 0.717) is 22.6 Å². The average molecular weight is 381 g/mol. The second-order valence-electron chi connectivity index (χ2n) is 5.21. The van der Waals surface area contributed by atoms with Gasteiger partial charge in [-0.25, -0.2) is 4.68 Å². The lowest BCUT2D eigenvalue weighted by Gasteiger charge is -2.09. The number of nitriles is 1. The molecule has 118 valence electrons. The number of carbonyl (C=O) groups excluding carboxylic acids is 1. The second kappa shape index (κ2) is 6.69. The predicted molar refractivity (Wildman–Crippen MR) is 95.1 cm³/mol. The molecule has 0 bridgehead atoms. The van der Waals surface area contributed by atoms with Gasteiger partial charge < -0.3 is 5.32 Å². The van der Waals surface area contributed by atoms with E-state index in [2.05, 4.69) is 32.4 Å². The van der Waals surface area contributed by atoms with Gasteiger partial charge in [-0.1, -0.05) is 22.0 Å². The van der Waals surface area contributed by atoms with Gasteiger partial charge in [-0.3, -0.25) is 4.79 Å². The van der Waals surface area contributed by atoms with Crippen molar-refractivity contribution in [2.45, 2.75) is 6.92 Å². The molecule has 1 heterocycles. The highest BCUT2D eigenvalue weighted by atomic mass is 79.9. The van der Waals surface area contributed by atoms with Crippen molar-refractivity contribution in [3.63, 3.8) is 0 Å². The van der Waals surface area contributed by atoms with Gasteiger partial charge in [-0.05, 0) is 49.4 Å². The van der Waals surface area contributed by atoms with Crippen molar-refractivity contribution in [1.29, 1.82) is 5.26 Å². The Morgan fingerprint density at radius 1 is 1.21 bits per heavy atom. The molecule has 6 heteroatoms. The number of carbonyl (C=O) groups is 1. The van der Waals surface area contributed by atoms with Crippen LogP contribution in [0.4, 0.5) is 5.82 Å². The first-order valence-corrected chi connectivity index (χ1v) is 8.00. The summed E-state index contributed by atoms with van der Waals surface area (Å²) in [5, 5.41) is 16.3. The summed E-state index contributed by atoms with van der Waals surface area (Å²) >= 11 is 3.35. The minimum absolute atomic E-state index is 0.222. The van der Waals surface area contributed by atoms with Crippen molar-refractivity contribution in [2.24, 2.45) is 0 Å². The number of anilines is 1. The fourth-order valence-electron chi connectivity index (χ4n) is 2.28. The summed E-state index contributed by atoms with van der Waals surface area (Å²) < 4.78 is 2.53. The molecule has 0 saturated carbocycles. The molecule has 1 N–H and O–H groups in total. The summed E-state index contributed by atoms with van der Waals surface area (Å²) in [5.74, 6) is 0.329. The quantitative estimate of drug-likeness (QED) is 0.744. The highest BCUT2D eigenvalue weighted by Crippen LogP contribution is 2.19. The van der Waals surface area contributed by atoms with Crippen LogP contribution < -0.4 is 5.32 Å². The SMILES string of the molecule is Cc1cc(NC(=O)c2ccc(Br)cc2)n(-c2cccc(C#N)c2)n1. The summed E-state index contributed by atoms with van der Waals surface area (Å²) in [6, 6.07) is 18.1. The minimum Gasteiger partial charge on any atom is -0.306 e. The maximum absolute atomic E-state index is 12.4. The molecule has 0 fully saturated rings. The first-order valence-electron chi connectivity index (χ1n) is 7.21. The van der Waals surface area contributed by atoms with Crippen molar-refractivity contribution < 1.29 is 4.79 Å². The Hall–Kier alpha value is -2.91. The lowest BCUT2D eigenvalue weighted by atomic mass is 10.2. The maximum atomic E-state index is 12.4. The van der Waals surface area contributed by atoms with Crippen LogP contribution in [0.2, 0.25) is 0 Å². The Morgan fingerprint density at radius 3 is 2.67 bits per heavy atom. The number of amides is 1. The molecule has 0 aliphatic heterocycles. The largest absolute Gasteiger partial charge is 0.306 e. The van der Waals surface area contributed by atoms with Gasteiger partial charge in [0.15, 0.2) is 0 Å². The highest BCUT2D eigenvalue weighted by molar-refractivity contribution is 9.10. The number of aromatic nitrogens is 2. The molecule has 0 aliphatic rings. The van der Waals surface area contributed by atoms with E-state index in [9.17, 15) is 4.79 Å². The number of hydrogen-bond acceptors (Lipinski definition) is 3. The highest BCUT2D eigenvalue weighted by Gasteiger charge is 2.12. The molecule has 2 aromatic carbocycles. The lowest BCUT2D eigenvalue weighted by molar-refractivity contribution is 0.102. The topological polar surface area (TPSA) is 70.7 Å². The number of aryl methyl sites for hydroxylation is 1. The van der Waals surface area contributed by atoms with E-state index in [1.165, 1.54) is 0 Å². The smallest absolute Gasteiger partial charge is 0.256 e. The summed E-state index contributed by atoms with van der Waals surface area (Å²) in [4.78, 5) is 12.4. The number of nitrogens with one attached hydrogen (secondary N) is 1. The third kappa shape index (κ3) is 3.36. The van der Waals surface area contributed by atoms with Crippen LogP contribution >= 0.6 is 15.9 Å². The molecule has 0 radical (unpaired) electrons. The van der Waals surface area contributed by atoms with E-state index in [-0.39, 0.29) is 5.91 Å². The second-order valence-corrected chi connectivity index (χ2v) is 6.12. The van der Waals surface area contributed by atoms with Crippen LogP contribution in [0, 0.1) is 18.3 Å². The van der Waals surface area contributed by atoms with Crippen LogP contribution in [0.5, 0.6) is 0 Å². The molecule has 0 aliphatic carbocycles.